The predicted molar refractivity (Wildman–Crippen MR) is 80.5 cm³/mol. The second-order valence-corrected chi connectivity index (χ2v) is 6.06. The van der Waals surface area contributed by atoms with E-state index in [2.05, 4.69) is 15.7 Å². The van der Waals surface area contributed by atoms with Gasteiger partial charge in [0, 0.05) is 37.1 Å². The lowest BCUT2D eigenvalue weighted by Gasteiger charge is -2.16. The van der Waals surface area contributed by atoms with Gasteiger partial charge in [-0.25, -0.2) is 9.37 Å². The molecule has 20 heavy (non-hydrogen) atoms. The van der Waals surface area contributed by atoms with Crippen LogP contribution in [0.4, 0.5) is 9.52 Å². The molecule has 1 fully saturated rings. The van der Waals surface area contributed by atoms with Crippen LogP contribution in [0.25, 0.3) is 0 Å². The largest absolute Gasteiger partial charge is 0.347 e. The summed E-state index contributed by atoms with van der Waals surface area (Å²) in [4.78, 5) is 6.59. The summed E-state index contributed by atoms with van der Waals surface area (Å²) in [6.45, 7) is 1.37. The number of benzene rings is 1. The van der Waals surface area contributed by atoms with Gasteiger partial charge in [-0.15, -0.1) is 11.3 Å². The lowest BCUT2D eigenvalue weighted by atomic mass is 10.2. The van der Waals surface area contributed by atoms with E-state index in [1.165, 1.54) is 18.9 Å². The normalized spacial score (nSPS) is 14.5. The van der Waals surface area contributed by atoms with E-state index in [4.69, 9.17) is 0 Å². The number of anilines is 1. The molecule has 0 bridgehead atoms. The molecule has 0 amide bonds. The zero-order chi connectivity index (χ0) is 13.9. The molecule has 3 nitrogen and oxygen atoms in total. The van der Waals surface area contributed by atoms with Gasteiger partial charge in [0.1, 0.15) is 5.82 Å². The summed E-state index contributed by atoms with van der Waals surface area (Å²) in [7, 11) is 1.95. The number of thiazole rings is 1. The van der Waals surface area contributed by atoms with Gasteiger partial charge in [0.2, 0.25) is 0 Å². The lowest BCUT2D eigenvalue weighted by Crippen LogP contribution is -2.18. The third kappa shape index (κ3) is 3.35. The molecule has 2 aromatic rings. The van der Waals surface area contributed by atoms with Gasteiger partial charge >= 0.3 is 0 Å². The van der Waals surface area contributed by atoms with E-state index < -0.39 is 0 Å². The van der Waals surface area contributed by atoms with Gasteiger partial charge in [0.05, 0.1) is 5.69 Å². The smallest absolute Gasteiger partial charge is 0.185 e. The van der Waals surface area contributed by atoms with Gasteiger partial charge in [0.15, 0.2) is 5.13 Å². The first-order chi connectivity index (χ1) is 9.72. The molecule has 0 spiro atoms. The Bertz CT molecular complexity index is 580. The molecular weight excluding hydrogens is 273 g/mol. The fourth-order valence-corrected chi connectivity index (χ4v) is 2.83. The van der Waals surface area contributed by atoms with Crippen LogP contribution in [-0.4, -0.2) is 18.1 Å². The van der Waals surface area contributed by atoms with Crippen LogP contribution in [0.2, 0.25) is 0 Å². The third-order valence-corrected chi connectivity index (χ3v) is 4.38. The van der Waals surface area contributed by atoms with E-state index in [1.807, 2.05) is 24.1 Å². The molecule has 106 valence electrons. The van der Waals surface area contributed by atoms with Crippen molar-refractivity contribution in [2.75, 3.05) is 11.9 Å². The molecule has 1 aliphatic rings. The van der Waals surface area contributed by atoms with E-state index in [9.17, 15) is 4.39 Å². The Morgan fingerprint density at radius 2 is 2.20 bits per heavy atom. The van der Waals surface area contributed by atoms with Crippen LogP contribution in [0.1, 0.15) is 24.1 Å². The Labute approximate surface area is 122 Å². The molecule has 0 radical (unpaired) electrons. The molecule has 0 unspecified atom stereocenters. The molecule has 3 rings (SSSR count). The quantitative estimate of drug-likeness (QED) is 0.886. The van der Waals surface area contributed by atoms with Crippen LogP contribution in [0, 0.1) is 5.82 Å². The van der Waals surface area contributed by atoms with E-state index in [0.29, 0.717) is 18.2 Å². The Kier molecular flexibility index (Phi) is 3.98. The monoisotopic (exact) mass is 291 g/mol. The van der Waals surface area contributed by atoms with Crippen molar-refractivity contribution >= 4 is 16.5 Å². The van der Waals surface area contributed by atoms with Crippen molar-refractivity contribution in [1.29, 1.82) is 0 Å². The maximum atomic E-state index is 13.6. The Balaban J connectivity index is 1.61. The van der Waals surface area contributed by atoms with Gasteiger partial charge in [0.25, 0.3) is 0 Å². The standard InChI is InChI=1S/C15H18FN3S/c1-19(9-11-4-2-3-5-14(11)16)15-18-13(10-20-15)8-17-12-6-7-12/h2-5,10,12,17H,6-9H2,1H3. The van der Waals surface area contributed by atoms with Crippen LogP contribution >= 0.6 is 11.3 Å². The zero-order valence-corrected chi connectivity index (χ0v) is 12.3. The Morgan fingerprint density at radius 1 is 1.40 bits per heavy atom. The Hall–Kier alpha value is -1.46. The van der Waals surface area contributed by atoms with Crippen molar-refractivity contribution in [3.05, 3.63) is 46.7 Å². The van der Waals surface area contributed by atoms with Gasteiger partial charge in [-0.2, -0.15) is 0 Å². The molecule has 5 heteroatoms. The number of rotatable bonds is 6. The molecule has 1 heterocycles. The maximum Gasteiger partial charge on any atom is 0.185 e. The highest BCUT2D eigenvalue weighted by Gasteiger charge is 2.20. The first-order valence-corrected chi connectivity index (χ1v) is 7.72. The summed E-state index contributed by atoms with van der Waals surface area (Å²) in [5.74, 6) is -0.161. The summed E-state index contributed by atoms with van der Waals surface area (Å²) in [5.41, 5.74) is 1.76. The molecule has 0 saturated heterocycles. The highest BCUT2D eigenvalue weighted by Crippen LogP contribution is 2.23. The minimum atomic E-state index is -0.161. The van der Waals surface area contributed by atoms with Crippen molar-refractivity contribution in [2.45, 2.75) is 32.0 Å². The number of nitrogens with zero attached hydrogens (tertiary/aromatic N) is 2. The van der Waals surface area contributed by atoms with E-state index in [-0.39, 0.29) is 5.82 Å². The summed E-state index contributed by atoms with van der Waals surface area (Å²) in [5, 5.41) is 6.45. The van der Waals surface area contributed by atoms with Crippen LogP contribution in [0.15, 0.2) is 29.6 Å². The lowest BCUT2D eigenvalue weighted by molar-refractivity contribution is 0.607. The number of halogens is 1. The molecule has 1 aromatic heterocycles. The SMILES string of the molecule is CN(Cc1ccccc1F)c1nc(CNC2CC2)cs1. The highest BCUT2D eigenvalue weighted by atomic mass is 32.1. The van der Waals surface area contributed by atoms with Gasteiger partial charge < -0.3 is 10.2 Å². The minimum absolute atomic E-state index is 0.161. The number of nitrogens with one attached hydrogen (secondary N) is 1. The third-order valence-electron chi connectivity index (χ3n) is 3.38. The topological polar surface area (TPSA) is 28.2 Å². The Morgan fingerprint density at radius 3 is 2.95 bits per heavy atom. The number of hydrogen-bond donors (Lipinski definition) is 1. The summed E-state index contributed by atoms with van der Waals surface area (Å²) in [6, 6.07) is 7.57. The van der Waals surface area contributed by atoms with Gasteiger partial charge in [-0.1, -0.05) is 18.2 Å². The zero-order valence-electron chi connectivity index (χ0n) is 11.5. The average molecular weight is 291 g/mol. The molecule has 1 aromatic carbocycles. The van der Waals surface area contributed by atoms with Crippen LogP contribution in [0.3, 0.4) is 0 Å². The van der Waals surface area contributed by atoms with E-state index in [0.717, 1.165) is 17.4 Å². The second kappa shape index (κ2) is 5.89. The highest BCUT2D eigenvalue weighted by molar-refractivity contribution is 7.13. The molecule has 1 N–H and O–H groups in total. The summed E-state index contributed by atoms with van der Waals surface area (Å²) >= 11 is 1.61. The van der Waals surface area contributed by atoms with Gasteiger partial charge in [-0.3, -0.25) is 0 Å². The van der Waals surface area contributed by atoms with E-state index >= 15 is 0 Å². The minimum Gasteiger partial charge on any atom is -0.347 e. The fourth-order valence-electron chi connectivity index (χ4n) is 2.04. The number of hydrogen-bond acceptors (Lipinski definition) is 4. The van der Waals surface area contributed by atoms with Crippen LogP contribution in [0.5, 0.6) is 0 Å². The van der Waals surface area contributed by atoms with Crippen LogP contribution < -0.4 is 10.2 Å². The van der Waals surface area contributed by atoms with Crippen molar-refractivity contribution in [1.82, 2.24) is 10.3 Å². The van der Waals surface area contributed by atoms with Crippen molar-refractivity contribution < 1.29 is 4.39 Å². The predicted octanol–water partition coefficient (Wildman–Crippen LogP) is 3.17. The van der Waals surface area contributed by atoms with E-state index in [1.54, 1.807) is 17.4 Å². The fraction of sp³-hybridized carbons (Fsp3) is 0.400. The molecular formula is C15H18FN3S. The van der Waals surface area contributed by atoms with Crippen molar-refractivity contribution in [3.63, 3.8) is 0 Å². The first-order valence-electron chi connectivity index (χ1n) is 6.84. The summed E-state index contributed by atoms with van der Waals surface area (Å²) < 4.78 is 13.6. The number of aromatic nitrogens is 1. The second-order valence-electron chi connectivity index (χ2n) is 5.22. The molecule has 1 saturated carbocycles. The molecule has 0 aliphatic heterocycles. The van der Waals surface area contributed by atoms with Crippen LogP contribution in [-0.2, 0) is 13.1 Å². The maximum absolute atomic E-state index is 13.6. The first kappa shape index (κ1) is 13.5. The van der Waals surface area contributed by atoms with Crippen molar-refractivity contribution in [2.24, 2.45) is 0 Å². The average Bonchev–Trinajstić information content (AvgIpc) is 3.15. The molecule has 1 aliphatic carbocycles. The molecule has 0 atom stereocenters. The summed E-state index contributed by atoms with van der Waals surface area (Å²) in [6.07, 6.45) is 2.56. The van der Waals surface area contributed by atoms with Crippen molar-refractivity contribution in [3.8, 4) is 0 Å². The van der Waals surface area contributed by atoms with Gasteiger partial charge in [-0.05, 0) is 18.9 Å².